The van der Waals surface area contributed by atoms with Crippen LogP contribution in [0.2, 0.25) is 0 Å². The molecule has 1 aliphatic carbocycles. The number of aliphatic carboxylic acids is 1. The number of carboxylic acids is 1. The summed E-state index contributed by atoms with van der Waals surface area (Å²) in [5.41, 5.74) is 6.50. The molecule has 4 atom stereocenters. The highest BCUT2D eigenvalue weighted by Gasteiger charge is 2.38. The second-order valence-electron chi connectivity index (χ2n) is 6.70. The molecule has 142 valence electrons. The molecule has 8 heteroatoms. The molecular formula is C17H29N3O5. The number of hydrogen-bond acceptors (Lipinski definition) is 6. The van der Waals surface area contributed by atoms with Crippen molar-refractivity contribution in [1.82, 2.24) is 10.2 Å². The van der Waals surface area contributed by atoms with Crippen LogP contribution in [-0.2, 0) is 19.1 Å². The van der Waals surface area contributed by atoms with Gasteiger partial charge in [-0.3, -0.25) is 9.69 Å². The van der Waals surface area contributed by atoms with Crippen LogP contribution in [0.4, 0.5) is 0 Å². The molecule has 0 aromatic carbocycles. The van der Waals surface area contributed by atoms with Gasteiger partial charge in [-0.05, 0) is 25.8 Å². The van der Waals surface area contributed by atoms with E-state index in [0.29, 0.717) is 25.3 Å². The SMILES string of the molecule is COCCO[C@H]1CCCN([C@@H]2C=C(C(=O)O)C[C@H](N)[C@H]2NC(C)=O)C1. The standard InChI is InChI=1S/C17H29N3O5/c1-11(21)19-16-14(18)8-12(17(22)23)9-15(16)20-5-3-4-13(10-20)25-7-6-24-2/h9,13-16H,3-8,10,18H2,1-2H3,(H,19,21)(H,22,23)/t13-,14-,15+,16+/m0/s1. The predicted molar refractivity (Wildman–Crippen MR) is 92.1 cm³/mol. The lowest BCUT2D eigenvalue weighted by atomic mass is 9.85. The maximum absolute atomic E-state index is 11.6. The first-order valence-corrected chi connectivity index (χ1v) is 8.73. The van der Waals surface area contributed by atoms with Gasteiger partial charge in [0.25, 0.3) is 0 Å². The van der Waals surface area contributed by atoms with Crippen LogP contribution in [0.3, 0.4) is 0 Å². The smallest absolute Gasteiger partial charge is 0.331 e. The van der Waals surface area contributed by atoms with Crippen molar-refractivity contribution in [3.8, 4) is 0 Å². The average Bonchev–Trinajstić information content (AvgIpc) is 2.56. The topological polar surface area (TPSA) is 114 Å². The number of ether oxygens (including phenoxy) is 2. The molecule has 0 unspecified atom stereocenters. The molecule has 4 N–H and O–H groups in total. The van der Waals surface area contributed by atoms with Crippen LogP contribution in [0.25, 0.3) is 0 Å². The zero-order chi connectivity index (χ0) is 18.4. The predicted octanol–water partition coefficient (Wildman–Crippen LogP) is -0.271. The van der Waals surface area contributed by atoms with Gasteiger partial charge in [0.15, 0.2) is 0 Å². The monoisotopic (exact) mass is 355 g/mol. The lowest BCUT2D eigenvalue weighted by Crippen LogP contribution is -2.62. The molecule has 0 aromatic rings. The highest BCUT2D eigenvalue weighted by atomic mass is 16.5. The number of likely N-dealkylation sites (tertiary alicyclic amines) is 1. The van der Waals surface area contributed by atoms with Crippen LogP contribution in [-0.4, -0.2) is 79.5 Å². The number of nitrogens with one attached hydrogen (secondary N) is 1. The molecule has 0 saturated carbocycles. The molecule has 2 rings (SSSR count). The van der Waals surface area contributed by atoms with Crippen molar-refractivity contribution < 1.29 is 24.2 Å². The summed E-state index contributed by atoms with van der Waals surface area (Å²) in [5.74, 6) is -1.12. The van der Waals surface area contributed by atoms with Crippen molar-refractivity contribution in [1.29, 1.82) is 0 Å². The molecular weight excluding hydrogens is 326 g/mol. The molecule has 0 aromatic heterocycles. The summed E-state index contributed by atoms with van der Waals surface area (Å²) in [7, 11) is 1.64. The van der Waals surface area contributed by atoms with Gasteiger partial charge in [0.1, 0.15) is 0 Å². The third kappa shape index (κ3) is 5.50. The van der Waals surface area contributed by atoms with Crippen molar-refractivity contribution in [2.24, 2.45) is 5.73 Å². The number of methoxy groups -OCH3 is 1. The number of piperidine rings is 1. The van der Waals surface area contributed by atoms with Gasteiger partial charge in [-0.2, -0.15) is 0 Å². The maximum atomic E-state index is 11.6. The van der Waals surface area contributed by atoms with E-state index in [-0.39, 0.29) is 30.5 Å². The molecule has 0 bridgehead atoms. The Kier molecular flexibility index (Phi) is 7.37. The summed E-state index contributed by atoms with van der Waals surface area (Å²) >= 11 is 0. The van der Waals surface area contributed by atoms with Crippen molar-refractivity contribution >= 4 is 11.9 Å². The molecule has 1 fully saturated rings. The van der Waals surface area contributed by atoms with Crippen molar-refractivity contribution in [2.45, 2.75) is 50.4 Å². The summed E-state index contributed by atoms with van der Waals surface area (Å²) in [5, 5.41) is 12.3. The lowest BCUT2D eigenvalue weighted by Gasteiger charge is -2.44. The van der Waals surface area contributed by atoms with Crippen LogP contribution in [0.5, 0.6) is 0 Å². The fourth-order valence-electron chi connectivity index (χ4n) is 3.60. The van der Waals surface area contributed by atoms with E-state index in [1.165, 1.54) is 6.92 Å². The minimum absolute atomic E-state index is 0.0710. The minimum atomic E-state index is -0.952. The molecule has 1 saturated heterocycles. The number of carbonyl (C=O) groups excluding carboxylic acids is 1. The van der Waals surface area contributed by atoms with E-state index in [9.17, 15) is 14.7 Å². The summed E-state index contributed by atoms with van der Waals surface area (Å²) in [6, 6.07) is -0.981. The zero-order valence-corrected chi connectivity index (χ0v) is 14.9. The van der Waals surface area contributed by atoms with Crippen molar-refractivity contribution in [2.75, 3.05) is 33.4 Å². The number of amides is 1. The first kappa shape index (κ1) is 19.8. The van der Waals surface area contributed by atoms with E-state index in [1.54, 1.807) is 13.2 Å². The Bertz CT molecular complexity index is 511. The highest BCUT2D eigenvalue weighted by Crippen LogP contribution is 2.26. The Labute approximate surface area is 148 Å². The van der Waals surface area contributed by atoms with E-state index in [1.807, 2.05) is 0 Å². The van der Waals surface area contributed by atoms with Gasteiger partial charge in [-0.25, -0.2) is 4.79 Å². The summed E-state index contributed by atoms with van der Waals surface area (Å²) in [6.45, 7) is 4.03. The highest BCUT2D eigenvalue weighted by molar-refractivity contribution is 5.87. The second-order valence-corrected chi connectivity index (χ2v) is 6.70. The molecule has 1 aliphatic heterocycles. The van der Waals surface area contributed by atoms with E-state index in [0.717, 1.165) is 19.4 Å². The summed E-state index contributed by atoms with van der Waals surface area (Å²) in [6.07, 6.45) is 3.97. The number of rotatable bonds is 7. The minimum Gasteiger partial charge on any atom is -0.478 e. The van der Waals surface area contributed by atoms with E-state index >= 15 is 0 Å². The maximum Gasteiger partial charge on any atom is 0.331 e. The Morgan fingerprint density at radius 2 is 2.20 bits per heavy atom. The normalized spacial score (nSPS) is 30.6. The van der Waals surface area contributed by atoms with Crippen molar-refractivity contribution in [3.05, 3.63) is 11.6 Å². The van der Waals surface area contributed by atoms with Crippen LogP contribution >= 0.6 is 0 Å². The van der Waals surface area contributed by atoms with Gasteiger partial charge < -0.3 is 25.6 Å². The molecule has 25 heavy (non-hydrogen) atoms. The summed E-state index contributed by atoms with van der Waals surface area (Å²) in [4.78, 5) is 25.2. The number of nitrogens with two attached hydrogens (primary N) is 1. The molecule has 8 nitrogen and oxygen atoms in total. The van der Waals surface area contributed by atoms with E-state index in [4.69, 9.17) is 15.2 Å². The van der Waals surface area contributed by atoms with Gasteiger partial charge in [0.05, 0.1) is 31.4 Å². The molecule has 2 aliphatic rings. The first-order valence-electron chi connectivity index (χ1n) is 8.73. The van der Waals surface area contributed by atoms with Crippen molar-refractivity contribution in [3.63, 3.8) is 0 Å². The van der Waals surface area contributed by atoms with Crippen LogP contribution < -0.4 is 11.1 Å². The van der Waals surface area contributed by atoms with Gasteiger partial charge in [0.2, 0.25) is 5.91 Å². The zero-order valence-electron chi connectivity index (χ0n) is 14.9. The third-order valence-corrected chi connectivity index (χ3v) is 4.77. The Morgan fingerprint density at radius 3 is 2.84 bits per heavy atom. The number of nitrogens with zero attached hydrogens (tertiary/aromatic N) is 1. The van der Waals surface area contributed by atoms with Gasteiger partial charge in [0, 0.05) is 32.2 Å². The quantitative estimate of drug-likeness (QED) is 0.539. The molecule has 0 spiro atoms. The fraction of sp³-hybridized carbons (Fsp3) is 0.765. The van der Waals surface area contributed by atoms with E-state index < -0.39 is 12.0 Å². The summed E-state index contributed by atoms with van der Waals surface area (Å²) < 4.78 is 10.9. The molecule has 1 heterocycles. The largest absolute Gasteiger partial charge is 0.478 e. The van der Waals surface area contributed by atoms with Gasteiger partial charge in [-0.1, -0.05) is 6.08 Å². The van der Waals surface area contributed by atoms with Crippen LogP contribution in [0.1, 0.15) is 26.2 Å². The molecule has 0 radical (unpaired) electrons. The Balaban J connectivity index is 2.13. The van der Waals surface area contributed by atoms with Crippen LogP contribution in [0, 0.1) is 0 Å². The third-order valence-electron chi connectivity index (χ3n) is 4.77. The average molecular weight is 355 g/mol. The van der Waals surface area contributed by atoms with Gasteiger partial charge in [-0.15, -0.1) is 0 Å². The number of hydrogen-bond donors (Lipinski definition) is 3. The molecule has 1 amide bonds. The van der Waals surface area contributed by atoms with Gasteiger partial charge >= 0.3 is 5.97 Å². The first-order chi connectivity index (χ1) is 11.9. The van der Waals surface area contributed by atoms with Crippen LogP contribution in [0.15, 0.2) is 11.6 Å². The van der Waals surface area contributed by atoms with E-state index in [2.05, 4.69) is 10.2 Å². The number of carbonyl (C=O) groups is 2. The second kappa shape index (κ2) is 9.28. The number of carboxylic acid groups (broad SMARTS) is 1. The Morgan fingerprint density at radius 1 is 1.44 bits per heavy atom. The lowest BCUT2D eigenvalue weighted by molar-refractivity contribution is -0.133. The Hall–Kier alpha value is -1.48. The fourth-order valence-corrected chi connectivity index (χ4v) is 3.60.